The molecule has 122 valence electrons. The Morgan fingerprint density at radius 3 is 2.70 bits per heavy atom. The fourth-order valence-electron chi connectivity index (χ4n) is 3.51. The number of benzene rings is 1. The van der Waals surface area contributed by atoms with Gasteiger partial charge in [0, 0.05) is 18.9 Å². The molecule has 1 aromatic heterocycles. The highest BCUT2D eigenvalue weighted by molar-refractivity contribution is 5.76. The van der Waals surface area contributed by atoms with E-state index >= 15 is 0 Å². The highest BCUT2D eigenvalue weighted by Gasteiger charge is 2.27. The molecule has 1 saturated carbocycles. The van der Waals surface area contributed by atoms with Gasteiger partial charge in [0.15, 0.2) is 0 Å². The minimum Gasteiger partial charge on any atom is -0.469 e. The quantitative estimate of drug-likeness (QED) is 0.871. The van der Waals surface area contributed by atoms with E-state index in [0.717, 1.165) is 25.0 Å². The van der Waals surface area contributed by atoms with Gasteiger partial charge in [-0.2, -0.15) is 0 Å². The maximum atomic E-state index is 12.3. The van der Waals surface area contributed by atoms with Gasteiger partial charge in [-0.3, -0.25) is 4.79 Å². The highest BCUT2D eigenvalue weighted by atomic mass is 16.3. The van der Waals surface area contributed by atoms with E-state index in [1.54, 1.807) is 6.26 Å². The van der Waals surface area contributed by atoms with Crippen molar-refractivity contribution >= 4 is 5.91 Å². The molecule has 1 heterocycles. The molecule has 1 aromatic carbocycles. The van der Waals surface area contributed by atoms with Crippen LogP contribution < -0.4 is 5.32 Å². The standard InChI is InChI=1S/C20H25NO2/c22-20(13-12-16-7-2-1-3-8-16)21-19-11-5-4-9-17(19)15-18-10-6-14-23-18/h1-3,6-8,10,14,17,19H,4-5,9,11-13,15H2,(H,21,22)/t17-,19+/m1/s1. The zero-order valence-electron chi connectivity index (χ0n) is 13.5. The van der Waals surface area contributed by atoms with E-state index in [0.29, 0.717) is 12.3 Å². The summed E-state index contributed by atoms with van der Waals surface area (Å²) in [6.07, 6.45) is 8.74. The summed E-state index contributed by atoms with van der Waals surface area (Å²) < 4.78 is 5.48. The predicted octanol–water partition coefficient (Wildman–Crippen LogP) is 4.13. The molecule has 1 fully saturated rings. The molecule has 0 radical (unpaired) electrons. The Balaban J connectivity index is 1.51. The third-order valence-corrected chi connectivity index (χ3v) is 4.78. The summed E-state index contributed by atoms with van der Waals surface area (Å²) in [6.45, 7) is 0. The van der Waals surface area contributed by atoms with Crippen LogP contribution in [0.2, 0.25) is 0 Å². The van der Waals surface area contributed by atoms with Gasteiger partial charge in [0.2, 0.25) is 5.91 Å². The van der Waals surface area contributed by atoms with Crippen LogP contribution in [-0.4, -0.2) is 11.9 Å². The summed E-state index contributed by atoms with van der Waals surface area (Å²) in [6, 6.07) is 14.5. The van der Waals surface area contributed by atoms with Crippen LogP contribution in [0.15, 0.2) is 53.1 Å². The molecule has 3 rings (SSSR count). The van der Waals surface area contributed by atoms with Crippen molar-refractivity contribution in [2.45, 2.75) is 51.0 Å². The first-order chi connectivity index (χ1) is 11.3. The topological polar surface area (TPSA) is 42.2 Å². The van der Waals surface area contributed by atoms with Crippen LogP contribution in [0.3, 0.4) is 0 Å². The largest absolute Gasteiger partial charge is 0.469 e. The highest BCUT2D eigenvalue weighted by Crippen LogP contribution is 2.28. The predicted molar refractivity (Wildman–Crippen MR) is 91.1 cm³/mol. The molecule has 0 aliphatic heterocycles. The van der Waals surface area contributed by atoms with Crippen molar-refractivity contribution < 1.29 is 9.21 Å². The first kappa shape index (κ1) is 15.9. The van der Waals surface area contributed by atoms with E-state index < -0.39 is 0 Å². The molecule has 23 heavy (non-hydrogen) atoms. The molecule has 1 aliphatic carbocycles. The second kappa shape index (κ2) is 8.00. The van der Waals surface area contributed by atoms with Gasteiger partial charge in [0.1, 0.15) is 5.76 Å². The molecule has 3 heteroatoms. The number of amides is 1. The summed E-state index contributed by atoms with van der Waals surface area (Å²) in [5, 5.41) is 3.27. The molecular formula is C20H25NO2. The molecule has 3 nitrogen and oxygen atoms in total. The molecule has 1 N–H and O–H groups in total. The second-order valence-electron chi connectivity index (χ2n) is 6.49. The SMILES string of the molecule is O=C(CCc1ccccc1)N[C@H]1CCCC[C@@H]1Cc1ccco1. The average molecular weight is 311 g/mol. The Morgan fingerprint density at radius 1 is 1.09 bits per heavy atom. The van der Waals surface area contributed by atoms with Gasteiger partial charge < -0.3 is 9.73 Å². The minimum atomic E-state index is 0.171. The van der Waals surface area contributed by atoms with Gasteiger partial charge in [-0.25, -0.2) is 0 Å². The van der Waals surface area contributed by atoms with Gasteiger partial charge in [-0.05, 0) is 42.9 Å². The van der Waals surface area contributed by atoms with E-state index in [2.05, 4.69) is 17.4 Å². The lowest BCUT2D eigenvalue weighted by atomic mass is 9.81. The normalized spacial score (nSPS) is 21.0. The Labute approximate surface area is 138 Å². The van der Waals surface area contributed by atoms with E-state index in [-0.39, 0.29) is 11.9 Å². The number of hydrogen-bond donors (Lipinski definition) is 1. The van der Waals surface area contributed by atoms with Crippen LogP contribution in [-0.2, 0) is 17.6 Å². The summed E-state index contributed by atoms with van der Waals surface area (Å²) in [5.41, 5.74) is 1.22. The van der Waals surface area contributed by atoms with E-state index in [4.69, 9.17) is 4.42 Å². The molecule has 0 spiro atoms. The molecule has 2 atom stereocenters. The Hall–Kier alpha value is -2.03. The number of aryl methyl sites for hydroxylation is 1. The van der Waals surface area contributed by atoms with Crippen LogP contribution in [0.5, 0.6) is 0 Å². The lowest BCUT2D eigenvalue weighted by molar-refractivity contribution is -0.122. The van der Waals surface area contributed by atoms with Crippen molar-refractivity contribution in [1.29, 1.82) is 0 Å². The van der Waals surface area contributed by atoms with E-state index in [9.17, 15) is 4.79 Å². The summed E-state index contributed by atoms with van der Waals surface area (Å²) in [5.74, 6) is 1.70. The molecule has 1 aliphatic rings. The molecule has 0 unspecified atom stereocenters. The number of nitrogens with one attached hydrogen (secondary N) is 1. The fourth-order valence-corrected chi connectivity index (χ4v) is 3.51. The molecule has 0 bridgehead atoms. The number of carbonyl (C=O) groups is 1. The van der Waals surface area contributed by atoms with Crippen LogP contribution in [0.1, 0.15) is 43.4 Å². The summed E-state index contributed by atoms with van der Waals surface area (Å²) in [7, 11) is 0. The van der Waals surface area contributed by atoms with Gasteiger partial charge in [-0.1, -0.05) is 43.2 Å². The van der Waals surface area contributed by atoms with Crippen molar-refractivity contribution in [1.82, 2.24) is 5.32 Å². The Morgan fingerprint density at radius 2 is 1.91 bits per heavy atom. The summed E-state index contributed by atoms with van der Waals surface area (Å²) in [4.78, 5) is 12.3. The Bertz CT molecular complexity index is 591. The van der Waals surface area contributed by atoms with Crippen LogP contribution >= 0.6 is 0 Å². The van der Waals surface area contributed by atoms with Crippen molar-refractivity contribution in [3.63, 3.8) is 0 Å². The monoisotopic (exact) mass is 311 g/mol. The molecule has 1 amide bonds. The van der Waals surface area contributed by atoms with Crippen LogP contribution in [0, 0.1) is 5.92 Å². The first-order valence-corrected chi connectivity index (χ1v) is 8.67. The number of hydrogen-bond acceptors (Lipinski definition) is 2. The maximum absolute atomic E-state index is 12.3. The molecular weight excluding hydrogens is 286 g/mol. The van der Waals surface area contributed by atoms with Crippen molar-refractivity contribution in [3.05, 3.63) is 60.1 Å². The van der Waals surface area contributed by atoms with Gasteiger partial charge in [-0.15, -0.1) is 0 Å². The zero-order chi connectivity index (χ0) is 15.9. The van der Waals surface area contributed by atoms with Crippen LogP contribution in [0.25, 0.3) is 0 Å². The average Bonchev–Trinajstić information content (AvgIpc) is 3.09. The minimum absolute atomic E-state index is 0.171. The van der Waals surface area contributed by atoms with Gasteiger partial charge in [0.25, 0.3) is 0 Å². The van der Waals surface area contributed by atoms with E-state index in [1.807, 2.05) is 30.3 Å². The van der Waals surface area contributed by atoms with Crippen LogP contribution in [0.4, 0.5) is 0 Å². The molecule has 2 aromatic rings. The smallest absolute Gasteiger partial charge is 0.220 e. The number of rotatable bonds is 6. The number of furan rings is 1. The molecule has 0 saturated heterocycles. The second-order valence-corrected chi connectivity index (χ2v) is 6.49. The van der Waals surface area contributed by atoms with Crippen molar-refractivity contribution in [2.75, 3.05) is 0 Å². The lowest BCUT2D eigenvalue weighted by Crippen LogP contribution is -2.42. The van der Waals surface area contributed by atoms with Crippen molar-refractivity contribution in [2.24, 2.45) is 5.92 Å². The third kappa shape index (κ3) is 4.72. The van der Waals surface area contributed by atoms with E-state index in [1.165, 1.54) is 24.8 Å². The first-order valence-electron chi connectivity index (χ1n) is 8.67. The maximum Gasteiger partial charge on any atom is 0.220 e. The Kier molecular flexibility index (Phi) is 5.51. The van der Waals surface area contributed by atoms with Gasteiger partial charge >= 0.3 is 0 Å². The third-order valence-electron chi connectivity index (χ3n) is 4.78. The number of carbonyl (C=O) groups excluding carboxylic acids is 1. The fraction of sp³-hybridized carbons (Fsp3) is 0.450. The lowest BCUT2D eigenvalue weighted by Gasteiger charge is -2.31. The van der Waals surface area contributed by atoms with Gasteiger partial charge in [0.05, 0.1) is 6.26 Å². The zero-order valence-corrected chi connectivity index (χ0v) is 13.5. The van der Waals surface area contributed by atoms with Crippen molar-refractivity contribution in [3.8, 4) is 0 Å². The summed E-state index contributed by atoms with van der Waals surface area (Å²) >= 11 is 0.